The molecule has 1 N–H and O–H groups in total. The minimum atomic E-state index is 0.630. The zero-order valence-corrected chi connectivity index (χ0v) is 14.3. The van der Waals surface area contributed by atoms with Crippen molar-refractivity contribution in [3.8, 4) is 0 Å². The van der Waals surface area contributed by atoms with Crippen molar-refractivity contribution in [2.75, 3.05) is 26.7 Å². The molecule has 1 aliphatic heterocycles. The molecule has 0 amide bonds. The number of nitrogens with one attached hydrogen (secondary N) is 1. The van der Waals surface area contributed by atoms with Crippen LogP contribution in [-0.4, -0.2) is 37.5 Å². The smallest absolute Gasteiger partial charge is 0.193 e. The fourth-order valence-electron chi connectivity index (χ4n) is 3.97. The summed E-state index contributed by atoms with van der Waals surface area (Å²) in [7, 11) is 1.91. The van der Waals surface area contributed by atoms with Gasteiger partial charge in [0.15, 0.2) is 5.96 Å². The number of hydrogen-bond donors (Lipinski definition) is 1. The normalized spacial score (nSPS) is 20.3. The summed E-state index contributed by atoms with van der Waals surface area (Å²) >= 11 is 0. The number of nitrogens with zero attached hydrogens (tertiary/aromatic N) is 2. The van der Waals surface area contributed by atoms with Crippen molar-refractivity contribution in [2.24, 2.45) is 10.4 Å². The number of aryl methyl sites for hydroxylation is 2. The number of rotatable bonds is 3. The summed E-state index contributed by atoms with van der Waals surface area (Å²) < 4.78 is 0. The second-order valence-electron chi connectivity index (χ2n) is 7.18. The Balaban J connectivity index is 1.51. The molecular formula is C19H29N3. The van der Waals surface area contributed by atoms with Crippen LogP contribution in [0, 0.1) is 19.3 Å². The highest BCUT2D eigenvalue weighted by atomic mass is 15.3. The highest BCUT2D eigenvalue weighted by Crippen LogP contribution is 2.47. The fraction of sp³-hybridized carbons (Fsp3) is 0.632. The van der Waals surface area contributed by atoms with E-state index >= 15 is 0 Å². The first kappa shape index (κ1) is 15.4. The van der Waals surface area contributed by atoms with Crippen LogP contribution in [0.1, 0.15) is 42.4 Å². The number of likely N-dealkylation sites (tertiary alicyclic amines) is 1. The van der Waals surface area contributed by atoms with Crippen molar-refractivity contribution in [1.29, 1.82) is 0 Å². The molecule has 1 aliphatic carbocycles. The van der Waals surface area contributed by atoms with Crippen molar-refractivity contribution in [2.45, 2.75) is 46.0 Å². The van der Waals surface area contributed by atoms with Crippen molar-refractivity contribution in [3.05, 3.63) is 34.9 Å². The molecule has 3 heteroatoms. The van der Waals surface area contributed by atoms with Gasteiger partial charge >= 0.3 is 0 Å². The van der Waals surface area contributed by atoms with E-state index in [0.29, 0.717) is 5.41 Å². The van der Waals surface area contributed by atoms with Gasteiger partial charge in [-0.15, -0.1) is 0 Å². The lowest BCUT2D eigenvalue weighted by atomic mass is 9.68. The van der Waals surface area contributed by atoms with Crippen LogP contribution >= 0.6 is 0 Å². The SMILES string of the molecule is CN=C(NCCc1ccc(C)cc1C)N1CCC2(CCC2)C1. The standard InChI is InChI=1S/C19H29N3/c1-15-5-6-17(16(2)13-15)7-11-21-18(20-3)22-12-10-19(14-22)8-4-9-19/h5-6,13H,4,7-12,14H2,1-3H3,(H,20,21). The fourth-order valence-corrected chi connectivity index (χ4v) is 3.97. The van der Waals surface area contributed by atoms with Gasteiger partial charge in [-0.25, -0.2) is 0 Å². The van der Waals surface area contributed by atoms with Gasteiger partial charge in [0.05, 0.1) is 0 Å². The van der Waals surface area contributed by atoms with E-state index in [-0.39, 0.29) is 0 Å². The van der Waals surface area contributed by atoms with E-state index in [2.05, 4.69) is 47.3 Å². The van der Waals surface area contributed by atoms with Crippen LogP contribution in [0.25, 0.3) is 0 Å². The Morgan fingerprint density at radius 3 is 2.68 bits per heavy atom. The van der Waals surface area contributed by atoms with E-state index in [1.54, 1.807) is 0 Å². The average Bonchev–Trinajstić information content (AvgIpc) is 2.91. The second kappa shape index (κ2) is 6.31. The van der Waals surface area contributed by atoms with E-state index in [9.17, 15) is 0 Å². The predicted octanol–water partition coefficient (Wildman–Crippen LogP) is 3.30. The largest absolute Gasteiger partial charge is 0.356 e. The molecular weight excluding hydrogens is 270 g/mol. The third-order valence-corrected chi connectivity index (χ3v) is 5.54. The van der Waals surface area contributed by atoms with Gasteiger partial charge in [0.25, 0.3) is 0 Å². The molecule has 2 aliphatic rings. The summed E-state index contributed by atoms with van der Waals surface area (Å²) in [5.74, 6) is 1.09. The van der Waals surface area contributed by atoms with Crippen LogP contribution < -0.4 is 5.32 Å². The maximum absolute atomic E-state index is 4.49. The molecule has 0 unspecified atom stereocenters. The van der Waals surface area contributed by atoms with Gasteiger partial charge < -0.3 is 10.2 Å². The Morgan fingerprint density at radius 2 is 2.09 bits per heavy atom. The topological polar surface area (TPSA) is 27.6 Å². The van der Waals surface area contributed by atoms with Gasteiger partial charge in [-0.2, -0.15) is 0 Å². The van der Waals surface area contributed by atoms with E-state index < -0.39 is 0 Å². The molecule has 0 aromatic heterocycles. The Hall–Kier alpha value is -1.51. The molecule has 22 heavy (non-hydrogen) atoms. The molecule has 1 aromatic rings. The van der Waals surface area contributed by atoms with Crippen LogP contribution in [0.2, 0.25) is 0 Å². The van der Waals surface area contributed by atoms with Gasteiger partial charge in [0.1, 0.15) is 0 Å². The summed E-state index contributed by atoms with van der Waals surface area (Å²) in [6.45, 7) is 7.69. The van der Waals surface area contributed by atoms with Crippen LogP contribution in [0.3, 0.4) is 0 Å². The van der Waals surface area contributed by atoms with Gasteiger partial charge in [-0.3, -0.25) is 4.99 Å². The Bertz CT molecular complexity index is 558. The third-order valence-electron chi connectivity index (χ3n) is 5.54. The Kier molecular flexibility index (Phi) is 4.42. The van der Waals surface area contributed by atoms with Gasteiger partial charge in [0, 0.05) is 26.7 Å². The summed E-state index contributed by atoms with van der Waals surface area (Å²) in [6.07, 6.45) is 6.67. The minimum absolute atomic E-state index is 0.630. The van der Waals surface area contributed by atoms with Crippen molar-refractivity contribution >= 4 is 5.96 Å². The van der Waals surface area contributed by atoms with Crippen molar-refractivity contribution in [1.82, 2.24) is 10.2 Å². The van der Waals surface area contributed by atoms with Crippen LogP contribution in [-0.2, 0) is 6.42 Å². The van der Waals surface area contributed by atoms with Crippen molar-refractivity contribution < 1.29 is 0 Å². The number of hydrogen-bond acceptors (Lipinski definition) is 1. The first-order valence-electron chi connectivity index (χ1n) is 8.64. The molecule has 120 valence electrons. The summed E-state index contributed by atoms with van der Waals surface area (Å²) in [4.78, 5) is 6.95. The second-order valence-corrected chi connectivity index (χ2v) is 7.18. The lowest BCUT2D eigenvalue weighted by molar-refractivity contribution is 0.151. The molecule has 1 aromatic carbocycles. The lowest BCUT2D eigenvalue weighted by Gasteiger charge is -2.38. The molecule has 3 rings (SSSR count). The van der Waals surface area contributed by atoms with E-state index in [0.717, 1.165) is 18.9 Å². The number of benzene rings is 1. The maximum atomic E-state index is 4.49. The highest BCUT2D eigenvalue weighted by molar-refractivity contribution is 5.80. The predicted molar refractivity (Wildman–Crippen MR) is 93.5 cm³/mol. The molecule has 0 bridgehead atoms. The Labute approximate surface area is 134 Å². The first-order valence-corrected chi connectivity index (χ1v) is 8.64. The molecule has 0 radical (unpaired) electrons. The minimum Gasteiger partial charge on any atom is -0.356 e. The van der Waals surface area contributed by atoms with Crippen LogP contribution in [0.15, 0.2) is 23.2 Å². The first-order chi connectivity index (χ1) is 10.6. The monoisotopic (exact) mass is 299 g/mol. The molecule has 0 atom stereocenters. The number of aliphatic imine (C=N–C) groups is 1. The zero-order chi connectivity index (χ0) is 15.6. The molecule has 1 spiro atoms. The lowest BCUT2D eigenvalue weighted by Crippen LogP contribution is -2.43. The molecule has 1 saturated carbocycles. The average molecular weight is 299 g/mol. The maximum Gasteiger partial charge on any atom is 0.193 e. The van der Waals surface area contributed by atoms with Crippen molar-refractivity contribution in [3.63, 3.8) is 0 Å². The summed E-state index contributed by atoms with van der Waals surface area (Å²) in [5.41, 5.74) is 4.80. The number of guanidine groups is 1. The Morgan fingerprint density at radius 1 is 1.27 bits per heavy atom. The molecule has 3 nitrogen and oxygen atoms in total. The van der Waals surface area contributed by atoms with Gasteiger partial charge in [0.2, 0.25) is 0 Å². The van der Waals surface area contributed by atoms with Gasteiger partial charge in [-0.05, 0) is 56.1 Å². The zero-order valence-electron chi connectivity index (χ0n) is 14.3. The van der Waals surface area contributed by atoms with Crippen LogP contribution in [0.4, 0.5) is 0 Å². The van der Waals surface area contributed by atoms with Crippen LogP contribution in [0.5, 0.6) is 0 Å². The highest BCUT2D eigenvalue weighted by Gasteiger charge is 2.43. The molecule has 1 heterocycles. The van der Waals surface area contributed by atoms with E-state index in [4.69, 9.17) is 0 Å². The van der Waals surface area contributed by atoms with E-state index in [1.165, 1.54) is 55.5 Å². The van der Waals surface area contributed by atoms with Gasteiger partial charge in [-0.1, -0.05) is 30.2 Å². The van der Waals surface area contributed by atoms with E-state index in [1.807, 2.05) is 7.05 Å². The molecule has 1 saturated heterocycles. The summed E-state index contributed by atoms with van der Waals surface area (Å²) in [5, 5.41) is 3.56. The third kappa shape index (κ3) is 3.13. The molecule has 2 fully saturated rings. The quantitative estimate of drug-likeness (QED) is 0.685. The summed E-state index contributed by atoms with van der Waals surface area (Å²) in [6, 6.07) is 6.73.